The number of halogens is 3. The van der Waals surface area contributed by atoms with Crippen molar-refractivity contribution in [1.29, 1.82) is 0 Å². The number of anilines is 2. The van der Waals surface area contributed by atoms with Gasteiger partial charge in [0.1, 0.15) is 0 Å². The molecule has 0 aliphatic heterocycles. The second kappa shape index (κ2) is 9.53. The van der Waals surface area contributed by atoms with Gasteiger partial charge >= 0.3 is 0 Å². The van der Waals surface area contributed by atoms with E-state index in [0.29, 0.717) is 15.7 Å². The first-order valence-electron chi connectivity index (χ1n) is 8.55. The maximum Gasteiger partial charge on any atom is 0.261 e. The molecule has 0 aliphatic carbocycles. The van der Waals surface area contributed by atoms with Crippen LogP contribution in [0.2, 0.25) is 15.1 Å². The van der Waals surface area contributed by atoms with E-state index in [-0.39, 0.29) is 15.6 Å². The first kappa shape index (κ1) is 22.2. The highest BCUT2D eigenvalue weighted by atomic mass is 35.5. The second-order valence-electron chi connectivity index (χ2n) is 6.13. The number of hydrogen-bond donors (Lipinski definition) is 2. The molecule has 0 bridgehead atoms. The van der Waals surface area contributed by atoms with Gasteiger partial charge in [-0.3, -0.25) is 9.52 Å². The molecule has 0 atom stereocenters. The van der Waals surface area contributed by atoms with Crippen LogP contribution in [-0.4, -0.2) is 14.3 Å². The highest BCUT2D eigenvalue weighted by molar-refractivity contribution is 7.92. The number of rotatable bonds is 6. The third-order valence-corrected chi connectivity index (χ3v) is 6.08. The summed E-state index contributed by atoms with van der Waals surface area (Å²) in [7, 11) is -3.91. The van der Waals surface area contributed by atoms with Gasteiger partial charge in [-0.15, -0.1) is 0 Å². The standard InChI is InChI=1S/C21H15Cl3N2O3S/c22-15-7-4-14(5-8-15)6-11-21(27)25-20-13-18(9-10-19(20)24)30(28,29)26-17-3-1-2-16(23)12-17/h1-13,26H,(H,25,27). The van der Waals surface area contributed by atoms with Crippen LogP contribution in [0.5, 0.6) is 0 Å². The molecule has 30 heavy (non-hydrogen) atoms. The molecule has 9 heteroatoms. The Hall–Kier alpha value is -2.51. The molecular weight excluding hydrogens is 467 g/mol. The van der Waals surface area contributed by atoms with Gasteiger partial charge in [-0.2, -0.15) is 0 Å². The first-order chi connectivity index (χ1) is 14.2. The van der Waals surface area contributed by atoms with E-state index in [1.165, 1.54) is 30.3 Å². The quantitative estimate of drug-likeness (QED) is 0.418. The van der Waals surface area contributed by atoms with Crippen LogP contribution in [0.25, 0.3) is 6.08 Å². The summed E-state index contributed by atoms with van der Waals surface area (Å²) in [6.45, 7) is 0. The largest absolute Gasteiger partial charge is 0.321 e. The Bertz CT molecular complexity index is 1210. The average Bonchev–Trinajstić information content (AvgIpc) is 2.69. The van der Waals surface area contributed by atoms with Gasteiger partial charge in [-0.05, 0) is 60.2 Å². The van der Waals surface area contributed by atoms with Gasteiger partial charge in [0.05, 0.1) is 21.3 Å². The monoisotopic (exact) mass is 480 g/mol. The van der Waals surface area contributed by atoms with Crippen LogP contribution in [0, 0.1) is 0 Å². The van der Waals surface area contributed by atoms with Crippen molar-refractivity contribution in [3.63, 3.8) is 0 Å². The third-order valence-electron chi connectivity index (χ3n) is 3.88. The molecule has 0 aromatic heterocycles. The lowest BCUT2D eigenvalue weighted by Crippen LogP contribution is -2.14. The number of nitrogens with one attached hydrogen (secondary N) is 2. The molecule has 3 aromatic rings. The number of carbonyl (C=O) groups is 1. The van der Waals surface area contributed by atoms with Crippen molar-refractivity contribution < 1.29 is 13.2 Å². The fourth-order valence-corrected chi connectivity index (χ4v) is 4.01. The van der Waals surface area contributed by atoms with Crippen LogP contribution >= 0.6 is 34.8 Å². The molecule has 0 aliphatic rings. The van der Waals surface area contributed by atoms with E-state index in [2.05, 4.69) is 10.0 Å². The van der Waals surface area contributed by atoms with Crippen LogP contribution < -0.4 is 10.0 Å². The second-order valence-corrected chi connectivity index (χ2v) is 9.09. The minimum absolute atomic E-state index is 0.0659. The SMILES string of the molecule is O=C(C=Cc1ccc(Cl)cc1)Nc1cc(S(=O)(=O)Nc2cccc(Cl)c2)ccc1Cl. The smallest absolute Gasteiger partial charge is 0.261 e. The number of hydrogen-bond acceptors (Lipinski definition) is 3. The van der Waals surface area contributed by atoms with Crippen LogP contribution in [0.4, 0.5) is 11.4 Å². The van der Waals surface area contributed by atoms with Gasteiger partial charge < -0.3 is 5.32 Å². The lowest BCUT2D eigenvalue weighted by Gasteiger charge is -2.11. The van der Waals surface area contributed by atoms with E-state index >= 15 is 0 Å². The Balaban J connectivity index is 1.77. The number of amides is 1. The summed E-state index contributed by atoms with van der Waals surface area (Å²) in [5.74, 6) is -0.468. The zero-order chi connectivity index (χ0) is 21.7. The van der Waals surface area contributed by atoms with E-state index in [1.54, 1.807) is 48.5 Å². The maximum atomic E-state index is 12.7. The maximum absolute atomic E-state index is 12.7. The Morgan fingerprint density at radius 3 is 2.30 bits per heavy atom. The zero-order valence-corrected chi connectivity index (χ0v) is 18.4. The summed E-state index contributed by atoms with van der Waals surface area (Å²) in [6, 6.07) is 17.3. The molecule has 5 nitrogen and oxygen atoms in total. The Kier molecular flexibility index (Phi) is 7.05. The molecule has 1 amide bonds. The van der Waals surface area contributed by atoms with Crippen molar-refractivity contribution in [3.05, 3.63) is 93.4 Å². The van der Waals surface area contributed by atoms with Gasteiger partial charge in [0.15, 0.2) is 0 Å². The van der Waals surface area contributed by atoms with E-state index in [1.807, 2.05) is 0 Å². The van der Waals surface area contributed by atoms with Crippen LogP contribution in [0.1, 0.15) is 5.56 Å². The highest BCUT2D eigenvalue weighted by Crippen LogP contribution is 2.27. The third kappa shape index (κ3) is 6.00. The van der Waals surface area contributed by atoms with Crippen LogP contribution in [0.3, 0.4) is 0 Å². The molecule has 0 unspecified atom stereocenters. The number of carbonyl (C=O) groups excluding carboxylic acids is 1. The molecule has 0 fully saturated rings. The number of benzene rings is 3. The molecule has 3 rings (SSSR count). The first-order valence-corrected chi connectivity index (χ1v) is 11.2. The van der Waals surface area contributed by atoms with Crippen LogP contribution in [-0.2, 0) is 14.8 Å². The summed E-state index contributed by atoms with van der Waals surface area (Å²) < 4.78 is 27.8. The van der Waals surface area contributed by atoms with Gasteiger partial charge in [-0.1, -0.05) is 53.0 Å². The fourth-order valence-electron chi connectivity index (χ4n) is 2.45. The summed E-state index contributed by atoms with van der Waals surface area (Å²) in [4.78, 5) is 12.2. The molecular formula is C21H15Cl3N2O3S. The van der Waals surface area contributed by atoms with E-state index < -0.39 is 15.9 Å². The predicted octanol–water partition coefficient (Wildman–Crippen LogP) is 6.10. The van der Waals surface area contributed by atoms with E-state index in [0.717, 1.165) is 5.56 Å². The lowest BCUT2D eigenvalue weighted by molar-refractivity contribution is -0.111. The molecule has 3 aromatic carbocycles. The molecule has 0 saturated carbocycles. The summed E-state index contributed by atoms with van der Waals surface area (Å²) in [6.07, 6.45) is 2.91. The Morgan fingerprint density at radius 1 is 0.867 bits per heavy atom. The summed E-state index contributed by atoms with van der Waals surface area (Å²) >= 11 is 17.8. The molecule has 0 radical (unpaired) electrons. The van der Waals surface area contributed by atoms with E-state index in [9.17, 15) is 13.2 Å². The summed E-state index contributed by atoms with van der Waals surface area (Å²) in [5, 5.41) is 3.76. The van der Waals surface area contributed by atoms with Crippen LogP contribution in [0.15, 0.2) is 77.7 Å². The lowest BCUT2D eigenvalue weighted by atomic mass is 10.2. The van der Waals surface area contributed by atoms with Gasteiger partial charge in [0, 0.05) is 16.1 Å². The predicted molar refractivity (Wildman–Crippen MR) is 123 cm³/mol. The van der Waals surface area contributed by atoms with Gasteiger partial charge in [-0.25, -0.2) is 8.42 Å². The van der Waals surface area contributed by atoms with Gasteiger partial charge in [0.25, 0.3) is 10.0 Å². The fraction of sp³-hybridized carbons (Fsp3) is 0. The van der Waals surface area contributed by atoms with Crippen molar-refractivity contribution >= 4 is 68.2 Å². The van der Waals surface area contributed by atoms with Crippen molar-refractivity contribution in [3.8, 4) is 0 Å². The number of sulfonamides is 1. The average molecular weight is 482 g/mol. The highest BCUT2D eigenvalue weighted by Gasteiger charge is 2.17. The van der Waals surface area contributed by atoms with Gasteiger partial charge in [0.2, 0.25) is 5.91 Å². The van der Waals surface area contributed by atoms with Crippen molar-refractivity contribution in [2.24, 2.45) is 0 Å². The molecule has 0 spiro atoms. The molecule has 0 heterocycles. The Labute approximate surface area is 189 Å². The minimum atomic E-state index is -3.91. The van der Waals surface area contributed by atoms with Crippen molar-refractivity contribution in [2.75, 3.05) is 10.0 Å². The van der Waals surface area contributed by atoms with E-state index in [4.69, 9.17) is 34.8 Å². The minimum Gasteiger partial charge on any atom is -0.321 e. The molecule has 154 valence electrons. The molecule has 2 N–H and O–H groups in total. The van der Waals surface area contributed by atoms with Crippen molar-refractivity contribution in [1.82, 2.24) is 0 Å². The topological polar surface area (TPSA) is 75.3 Å². The summed E-state index contributed by atoms with van der Waals surface area (Å²) in [5.41, 5.74) is 1.26. The Morgan fingerprint density at radius 2 is 1.60 bits per heavy atom. The molecule has 0 saturated heterocycles. The zero-order valence-electron chi connectivity index (χ0n) is 15.3. The van der Waals surface area contributed by atoms with Crippen molar-refractivity contribution in [2.45, 2.75) is 4.90 Å². The normalized spacial score (nSPS) is 11.4.